The largest absolute Gasteiger partial charge is 0.469 e. The first-order valence-electron chi connectivity index (χ1n) is 5.15. The normalized spacial score (nSPS) is 10.5. The minimum atomic E-state index is -0.281. The molecule has 0 fully saturated rings. The molecule has 5 nitrogen and oxygen atoms in total. The van der Waals surface area contributed by atoms with Gasteiger partial charge in [0.25, 0.3) is 0 Å². The Labute approximate surface area is 102 Å². The lowest BCUT2D eigenvalue weighted by molar-refractivity contribution is -0.140. The summed E-state index contributed by atoms with van der Waals surface area (Å²) < 4.78 is 9.60. The second-order valence-corrected chi connectivity index (χ2v) is 4.79. The van der Waals surface area contributed by atoms with E-state index in [1.807, 2.05) is 19.1 Å². The molecule has 0 N–H and O–H groups in total. The number of hydrogen-bond acceptors (Lipinski definition) is 6. The van der Waals surface area contributed by atoms with Gasteiger partial charge in [-0.2, -0.15) is 4.98 Å². The van der Waals surface area contributed by atoms with E-state index in [9.17, 15) is 4.79 Å². The van der Waals surface area contributed by atoms with Crippen LogP contribution < -0.4 is 0 Å². The predicted octanol–water partition coefficient (Wildman–Crippen LogP) is 2.21. The van der Waals surface area contributed by atoms with E-state index in [-0.39, 0.29) is 12.4 Å². The summed E-state index contributed by atoms with van der Waals surface area (Å²) in [5.41, 5.74) is 0. The molecule has 2 aromatic rings. The summed E-state index contributed by atoms with van der Waals surface area (Å²) >= 11 is 1.61. The second-order valence-electron chi connectivity index (χ2n) is 3.50. The number of nitrogens with zero attached hydrogens (tertiary/aromatic N) is 2. The highest BCUT2D eigenvalue weighted by Gasteiger charge is 2.11. The van der Waals surface area contributed by atoms with E-state index < -0.39 is 0 Å². The molecule has 0 aliphatic rings. The SMILES string of the molecule is COC(=O)CCc1nc(-c2ccc(C)s2)no1. The van der Waals surface area contributed by atoms with Crippen molar-refractivity contribution in [3.8, 4) is 10.7 Å². The van der Waals surface area contributed by atoms with E-state index in [1.165, 1.54) is 12.0 Å². The van der Waals surface area contributed by atoms with Crippen molar-refractivity contribution in [1.29, 1.82) is 0 Å². The van der Waals surface area contributed by atoms with Crippen LogP contribution in [0.3, 0.4) is 0 Å². The Morgan fingerprint density at radius 3 is 3.00 bits per heavy atom. The van der Waals surface area contributed by atoms with Crippen LogP contribution in [0.25, 0.3) is 10.7 Å². The van der Waals surface area contributed by atoms with Gasteiger partial charge < -0.3 is 9.26 Å². The van der Waals surface area contributed by atoms with Gasteiger partial charge >= 0.3 is 5.97 Å². The van der Waals surface area contributed by atoms with Crippen molar-refractivity contribution in [3.63, 3.8) is 0 Å². The molecule has 0 bridgehead atoms. The van der Waals surface area contributed by atoms with Crippen LogP contribution in [0.2, 0.25) is 0 Å². The lowest BCUT2D eigenvalue weighted by atomic mass is 10.3. The standard InChI is InChI=1S/C11H12N2O3S/c1-7-3-4-8(17-7)11-12-9(16-13-11)5-6-10(14)15-2/h3-4H,5-6H2,1-2H3. The van der Waals surface area contributed by atoms with Crippen LogP contribution in [-0.4, -0.2) is 23.2 Å². The van der Waals surface area contributed by atoms with Crippen molar-refractivity contribution in [1.82, 2.24) is 10.1 Å². The Morgan fingerprint density at radius 1 is 1.53 bits per heavy atom. The molecule has 6 heteroatoms. The summed E-state index contributed by atoms with van der Waals surface area (Å²) in [6.45, 7) is 2.02. The number of carbonyl (C=O) groups is 1. The number of carbonyl (C=O) groups excluding carboxylic acids is 1. The van der Waals surface area contributed by atoms with Crippen molar-refractivity contribution >= 4 is 17.3 Å². The molecule has 0 amide bonds. The Morgan fingerprint density at radius 2 is 2.35 bits per heavy atom. The number of aryl methyl sites for hydroxylation is 2. The van der Waals surface area contributed by atoms with Gasteiger partial charge in [0.1, 0.15) is 0 Å². The van der Waals surface area contributed by atoms with E-state index in [0.29, 0.717) is 18.1 Å². The van der Waals surface area contributed by atoms with Crippen LogP contribution in [0.4, 0.5) is 0 Å². The maximum absolute atomic E-state index is 11.0. The van der Waals surface area contributed by atoms with Crippen molar-refractivity contribution in [2.75, 3.05) is 7.11 Å². The molecule has 2 aromatic heterocycles. The molecule has 0 saturated heterocycles. The molecule has 0 aromatic carbocycles. The van der Waals surface area contributed by atoms with Gasteiger partial charge in [-0.1, -0.05) is 5.16 Å². The van der Waals surface area contributed by atoms with Crippen LogP contribution in [0.5, 0.6) is 0 Å². The third-order valence-corrected chi connectivity index (χ3v) is 3.20. The smallest absolute Gasteiger partial charge is 0.306 e. The fourth-order valence-corrected chi connectivity index (χ4v) is 2.12. The number of ether oxygens (including phenoxy) is 1. The molecule has 0 radical (unpaired) electrons. The fourth-order valence-electron chi connectivity index (χ4n) is 1.32. The third-order valence-electron chi connectivity index (χ3n) is 2.20. The fraction of sp³-hybridized carbons (Fsp3) is 0.364. The summed E-state index contributed by atoms with van der Waals surface area (Å²) in [7, 11) is 1.36. The van der Waals surface area contributed by atoms with Gasteiger partial charge in [-0.05, 0) is 19.1 Å². The summed E-state index contributed by atoms with van der Waals surface area (Å²) in [4.78, 5) is 17.3. The van der Waals surface area contributed by atoms with Crippen LogP contribution in [0.15, 0.2) is 16.7 Å². The molecule has 0 atom stereocenters. The van der Waals surface area contributed by atoms with Gasteiger partial charge in [0.2, 0.25) is 11.7 Å². The number of thiophene rings is 1. The van der Waals surface area contributed by atoms with E-state index in [0.717, 1.165) is 4.88 Å². The van der Waals surface area contributed by atoms with Crippen LogP contribution in [-0.2, 0) is 16.0 Å². The van der Waals surface area contributed by atoms with Crippen LogP contribution >= 0.6 is 11.3 Å². The maximum Gasteiger partial charge on any atom is 0.306 e. The average Bonchev–Trinajstić information content (AvgIpc) is 2.94. The Kier molecular flexibility index (Phi) is 3.53. The second kappa shape index (κ2) is 5.09. The third kappa shape index (κ3) is 2.91. The molecule has 0 aliphatic carbocycles. The topological polar surface area (TPSA) is 65.2 Å². The molecule has 90 valence electrons. The monoisotopic (exact) mass is 252 g/mol. The minimum Gasteiger partial charge on any atom is -0.469 e. The number of esters is 1. The highest BCUT2D eigenvalue weighted by Crippen LogP contribution is 2.25. The van der Waals surface area contributed by atoms with E-state index in [2.05, 4.69) is 14.9 Å². The zero-order valence-corrected chi connectivity index (χ0v) is 10.4. The average molecular weight is 252 g/mol. The van der Waals surface area contributed by atoms with Crippen LogP contribution in [0.1, 0.15) is 17.2 Å². The summed E-state index contributed by atoms with van der Waals surface area (Å²) in [5.74, 6) is 0.746. The van der Waals surface area contributed by atoms with Gasteiger partial charge in [-0.25, -0.2) is 0 Å². The Balaban J connectivity index is 2.03. The first kappa shape index (κ1) is 11.8. The molecule has 0 saturated carbocycles. The van der Waals surface area contributed by atoms with Gasteiger partial charge in [-0.15, -0.1) is 11.3 Å². The highest BCUT2D eigenvalue weighted by atomic mass is 32.1. The number of hydrogen-bond donors (Lipinski definition) is 0. The van der Waals surface area contributed by atoms with E-state index in [1.54, 1.807) is 11.3 Å². The van der Waals surface area contributed by atoms with Crippen molar-refractivity contribution in [2.24, 2.45) is 0 Å². The minimum absolute atomic E-state index is 0.252. The molecule has 0 unspecified atom stereocenters. The summed E-state index contributed by atoms with van der Waals surface area (Å²) in [6, 6.07) is 3.96. The molecule has 0 spiro atoms. The molecule has 2 rings (SSSR count). The van der Waals surface area contributed by atoms with Crippen molar-refractivity contribution in [2.45, 2.75) is 19.8 Å². The predicted molar refractivity (Wildman–Crippen MR) is 62.7 cm³/mol. The summed E-state index contributed by atoms with van der Waals surface area (Å²) in [6.07, 6.45) is 0.658. The van der Waals surface area contributed by atoms with Crippen molar-refractivity contribution < 1.29 is 14.1 Å². The Bertz CT molecular complexity index is 518. The summed E-state index contributed by atoms with van der Waals surface area (Å²) in [5, 5.41) is 3.88. The molecule has 2 heterocycles. The highest BCUT2D eigenvalue weighted by molar-refractivity contribution is 7.15. The van der Waals surface area contributed by atoms with Crippen molar-refractivity contribution in [3.05, 3.63) is 22.9 Å². The molecular weight excluding hydrogens is 240 g/mol. The van der Waals surface area contributed by atoms with Gasteiger partial charge in [-0.3, -0.25) is 4.79 Å². The molecule has 0 aliphatic heterocycles. The van der Waals surface area contributed by atoms with E-state index >= 15 is 0 Å². The van der Waals surface area contributed by atoms with Gasteiger partial charge in [0, 0.05) is 11.3 Å². The Hall–Kier alpha value is -1.69. The van der Waals surface area contributed by atoms with Crippen LogP contribution in [0, 0.1) is 6.92 Å². The molecule has 17 heavy (non-hydrogen) atoms. The first-order chi connectivity index (χ1) is 8.19. The lowest BCUT2D eigenvalue weighted by Gasteiger charge is -1.93. The quantitative estimate of drug-likeness (QED) is 0.780. The van der Waals surface area contributed by atoms with E-state index in [4.69, 9.17) is 4.52 Å². The molecular formula is C11H12N2O3S. The van der Waals surface area contributed by atoms with Gasteiger partial charge in [0.05, 0.1) is 18.4 Å². The number of aromatic nitrogens is 2. The number of rotatable bonds is 4. The lowest BCUT2D eigenvalue weighted by Crippen LogP contribution is -2.01. The zero-order valence-electron chi connectivity index (χ0n) is 9.60. The maximum atomic E-state index is 11.0. The van der Waals surface area contributed by atoms with Gasteiger partial charge in [0.15, 0.2) is 0 Å². The number of methoxy groups -OCH3 is 1. The zero-order chi connectivity index (χ0) is 12.3. The first-order valence-corrected chi connectivity index (χ1v) is 5.97.